The van der Waals surface area contributed by atoms with Crippen LogP contribution in [0.4, 0.5) is 0 Å². The monoisotopic (exact) mass is 262 g/mol. The predicted molar refractivity (Wildman–Crippen MR) is 72.3 cm³/mol. The van der Waals surface area contributed by atoms with Gasteiger partial charge in [0.2, 0.25) is 5.12 Å². The van der Waals surface area contributed by atoms with Crippen molar-refractivity contribution in [3.8, 4) is 0 Å². The van der Waals surface area contributed by atoms with E-state index in [2.05, 4.69) is 0 Å². The zero-order valence-electron chi connectivity index (χ0n) is 9.05. The standard InChI is InChI=1S/C14H11ClOS/c15-13(11-7-3-1-4-8-11)14(16)17-12-9-5-2-6-10-12/h1-10,13H. The van der Waals surface area contributed by atoms with E-state index in [-0.39, 0.29) is 5.12 Å². The number of hydrogen-bond acceptors (Lipinski definition) is 2. The number of halogens is 1. The first-order valence-corrected chi connectivity index (χ1v) is 6.48. The molecule has 0 aliphatic carbocycles. The number of benzene rings is 2. The van der Waals surface area contributed by atoms with Gasteiger partial charge in [-0.2, -0.15) is 0 Å². The molecule has 1 nitrogen and oxygen atoms in total. The average Bonchev–Trinajstić information content (AvgIpc) is 2.40. The summed E-state index contributed by atoms with van der Waals surface area (Å²) in [5.74, 6) is 0. The van der Waals surface area contributed by atoms with E-state index < -0.39 is 5.38 Å². The van der Waals surface area contributed by atoms with E-state index in [0.717, 1.165) is 10.5 Å². The smallest absolute Gasteiger partial charge is 0.216 e. The summed E-state index contributed by atoms with van der Waals surface area (Å²) in [4.78, 5) is 12.9. The molecule has 0 amide bonds. The van der Waals surface area contributed by atoms with Gasteiger partial charge in [-0.3, -0.25) is 4.79 Å². The lowest BCUT2D eigenvalue weighted by Crippen LogP contribution is -2.01. The third kappa shape index (κ3) is 3.35. The molecule has 1 atom stereocenters. The number of thioether (sulfide) groups is 1. The van der Waals surface area contributed by atoms with Gasteiger partial charge in [-0.25, -0.2) is 0 Å². The van der Waals surface area contributed by atoms with Crippen molar-refractivity contribution in [3.63, 3.8) is 0 Å². The van der Waals surface area contributed by atoms with Crippen molar-refractivity contribution in [2.24, 2.45) is 0 Å². The normalized spacial score (nSPS) is 12.1. The van der Waals surface area contributed by atoms with Gasteiger partial charge in [-0.15, -0.1) is 11.6 Å². The highest BCUT2D eigenvalue weighted by atomic mass is 35.5. The molecule has 0 bridgehead atoms. The van der Waals surface area contributed by atoms with Gasteiger partial charge in [0.15, 0.2) is 0 Å². The maximum Gasteiger partial charge on any atom is 0.216 e. The Balaban J connectivity index is 2.06. The molecule has 0 radical (unpaired) electrons. The lowest BCUT2D eigenvalue weighted by molar-refractivity contribution is -0.110. The zero-order valence-corrected chi connectivity index (χ0v) is 10.6. The van der Waals surface area contributed by atoms with Crippen LogP contribution < -0.4 is 0 Å². The first kappa shape index (κ1) is 12.2. The molecule has 0 aromatic heterocycles. The Morgan fingerprint density at radius 2 is 1.47 bits per heavy atom. The summed E-state index contributed by atoms with van der Waals surface area (Å²) in [7, 11) is 0. The van der Waals surface area contributed by atoms with Crippen molar-refractivity contribution in [3.05, 3.63) is 66.2 Å². The summed E-state index contributed by atoms with van der Waals surface area (Å²) in [6, 6.07) is 18.9. The van der Waals surface area contributed by atoms with E-state index in [1.165, 1.54) is 11.8 Å². The minimum absolute atomic E-state index is 0.0518. The van der Waals surface area contributed by atoms with Crippen molar-refractivity contribution in [2.75, 3.05) is 0 Å². The van der Waals surface area contributed by atoms with Gasteiger partial charge in [0.1, 0.15) is 5.38 Å². The Morgan fingerprint density at radius 3 is 2.06 bits per heavy atom. The Hall–Kier alpha value is -1.25. The van der Waals surface area contributed by atoms with Crippen LogP contribution in [0.2, 0.25) is 0 Å². The second-order valence-electron chi connectivity index (χ2n) is 3.51. The average molecular weight is 263 g/mol. The summed E-state index contributed by atoms with van der Waals surface area (Å²) >= 11 is 7.31. The van der Waals surface area contributed by atoms with Crippen LogP contribution in [0.1, 0.15) is 10.9 Å². The summed E-state index contributed by atoms with van der Waals surface area (Å²) in [5.41, 5.74) is 0.836. The Bertz CT molecular complexity index is 484. The summed E-state index contributed by atoms with van der Waals surface area (Å²) in [6.07, 6.45) is 0. The second kappa shape index (κ2) is 5.89. The molecule has 0 saturated carbocycles. The predicted octanol–water partition coefficient (Wildman–Crippen LogP) is 4.29. The maximum absolute atomic E-state index is 11.9. The Kier molecular flexibility index (Phi) is 4.24. The Morgan fingerprint density at radius 1 is 0.941 bits per heavy atom. The van der Waals surface area contributed by atoms with Crippen molar-refractivity contribution in [1.29, 1.82) is 0 Å². The van der Waals surface area contributed by atoms with E-state index in [0.29, 0.717) is 0 Å². The third-order valence-corrected chi connectivity index (χ3v) is 3.79. The fourth-order valence-corrected chi connectivity index (χ4v) is 2.46. The third-order valence-electron chi connectivity index (χ3n) is 2.26. The molecular formula is C14H11ClOS. The van der Waals surface area contributed by atoms with Crippen molar-refractivity contribution >= 4 is 28.5 Å². The largest absolute Gasteiger partial charge is 0.285 e. The number of alkyl halides is 1. The van der Waals surface area contributed by atoms with Crippen LogP contribution in [-0.2, 0) is 4.79 Å². The minimum Gasteiger partial charge on any atom is -0.285 e. The number of carbonyl (C=O) groups excluding carboxylic acids is 1. The maximum atomic E-state index is 11.9. The van der Waals surface area contributed by atoms with Crippen LogP contribution in [0.5, 0.6) is 0 Å². The molecule has 0 spiro atoms. The molecule has 0 fully saturated rings. The van der Waals surface area contributed by atoms with Crippen LogP contribution in [0.15, 0.2) is 65.6 Å². The molecule has 2 aromatic carbocycles. The molecule has 0 saturated heterocycles. The van der Waals surface area contributed by atoms with Crippen LogP contribution in [-0.4, -0.2) is 5.12 Å². The van der Waals surface area contributed by atoms with Crippen LogP contribution >= 0.6 is 23.4 Å². The van der Waals surface area contributed by atoms with Crippen LogP contribution in [0.25, 0.3) is 0 Å². The van der Waals surface area contributed by atoms with E-state index >= 15 is 0 Å². The first-order valence-electron chi connectivity index (χ1n) is 5.23. The van der Waals surface area contributed by atoms with Crippen molar-refractivity contribution in [1.82, 2.24) is 0 Å². The van der Waals surface area contributed by atoms with E-state index in [4.69, 9.17) is 11.6 Å². The number of rotatable bonds is 3. The summed E-state index contributed by atoms with van der Waals surface area (Å²) in [6.45, 7) is 0. The topological polar surface area (TPSA) is 17.1 Å². The minimum atomic E-state index is -0.596. The van der Waals surface area contributed by atoms with Crippen molar-refractivity contribution < 1.29 is 4.79 Å². The Labute approximate surface area is 110 Å². The van der Waals surface area contributed by atoms with Gasteiger partial charge >= 0.3 is 0 Å². The van der Waals surface area contributed by atoms with Crippen molar-refractivity contribution in [2.45, 2.75) is 10.3 Å². The fraction of sp³-hybridized carbons (Fsp3) is 0.0714. The second-order valence-corrected chi connectivity index (χ2v) is 5.02. The van der Waals surface area contributed by atoms with E-state index in [1.807, 2.05) is 60.7 Å². The highest BCUT2D eigenvalue weighted by Gasteiger charge is 2.18. The molecule has 0 heterocycles. The van der Waals surface area contributed by atoms with E-state index in [9.17, 15) is 4.79 Å². The van der Waals surface area contributed by atoms with Gasteiger partial charge in [0.05, 0.1) is 0 Å². The molecule has 0 N–H and O–H groups in total. The van der Waals surface area contributed by atoms with E-state index in [1.54, 1.807) is 0 Å². The molecule has 3 heteroatoms. The van der Waals surface area contributed by atoms with Gasteiger partial charge in [0.25, 0.3) is 0 Å². The van der Waals surface area contributed by atoms with Gasteiger partial charge in [-0.1, -0.05) is 48.5 Å². The molecule has 0 aliphatic rings. The molecule has 2 aromatic rings. The molecule has 2 rings (SSSR count). The number of hydrogen-bond donors (Lipinski definition) is 0. The van der Waals surface area contributed by atoms with Crippen LogP contribution in [0.3, 0.4) is 0 Å². The molecule has 86 valence electrons. The molecule has 17 heavy (non-hydrogen) atoms. The lowest BCUT2D eigenvalue weighted by Gasteiger charge is -2.07. The quantitative estimate of drug-likeness (QED) is 0.606. The first-order chi connectivity index (χ1) is 8.27. The van der Waals surface area contributed by atoms with Crippen LogP contribution in [0, 0.1) is 0 Å². The van der Waals surface area contributed by atoms with Gasteiger partial charge in [-0.05, 0) is 29.5 Å². The number of carbonyl (C=O) groups is 1. The highest BCUT2D eigenvalue weighted by Crippen LogP contribution is 2.30. The summed E-state index contributed by atoms with van der Waals surface area (Å²) in [5, 5.41) is -0.648. The fourth-order valence-electron chi connectivity index (χ4n) is 1.41. The lowest BCUT2D eigenvalue weighted by atomic mass is 10.2. The summed E-state index contributed by atoms with van der Waals surface area (Å²) < 4.78 is 0. The van der Waals surface area contributed by atoms with Gasteiger partial charge < -0.3 is 0 Å². The zero-order chi connectivity index (χ0) is 12.1. The molecule has 0 aliphatic heterocycles. The molecular weight excluding hydrogens is 252 g/mol. The SMILES string of the molecule is O=C(Sc1ccccc1)C(Cl)c1ccccc1. The highest BCUT2D eigenvalue weighted by molar-refractivity contribution is 8.13. The van der Waals surface area contributed by atoms with Gasteiger partial charge in [0, 0.05) is 4.90 Å². The molecule has 1 unspecified atom stereocenters.